The smallest absolute Gasteiger partial charge is 0.175 e. The summed E-state index contributed by atoms with van der Waals surface area (Å²) in [5.74, 6) is 2.00. The zero-order chi connectivity index (χ0) is 11.3. The first-order valence-electron chi connectivity index (χ1n) is 4.70. The molecule has 0 N–H and O–H groups in total. The lowest BCUT2D eigenvalue weighted by molar-refractivity contribution is 0.258. The monoisotopic (exact) mass is 336 g/mol. The van der Waals surface area contributed by atoms with Gasteiger partial charge in [-0.1, -0.05) is 28.9 Å². The maximum absolute atomic E-state index is 5.71. The number of ether oxygens (including phenoxy) is 2. The Morgan fingerprint density at radius 1 is 1.40 bits per heavy atom. The highest BCUT2D eigenvalue weighted by Gasteiger charge is 2.09. The zero-order valence-corrected chi connectivity index (χ0v) is 12.0. The molecule has 0 spiro atoms. The molecule has 0 aromatic heterocycles. The van der Waals surface area contributed by atoms with Crippen molar-refractivity contribution in [2.45, 2.75) is 6.92 Å². The Bertz CT molecular complexity index is 315. The minimum absolute atomic E-state index is 0.474. The molecule has 0 aliphatic heterocycles. The second-order valence-electron chi connectivity index (χ2n) is 3.34. The van der Waals surface area contributed by atoms with Crippen molar-refractivity contribution in [3.63, 3.8) is 0 Å². The van der Waals surface area contributed by atoms with E-state index in [1.807, 2.05) is 18.2 Å². The van der Waals surface area contributed by atoms with E-state index < -0.39 is 0 Å². The van der Waals surface area contributed by atoms with Gasteiger partial charge in [-0.15, -0.1) is 0 Å². The maximum Gasteiger partial charge on any atom is 0.175 e. The van der Waals surface area contributed by atoms with Crippen LogP contribution in [-0.2, 0) is 0 Å². The molecule has 84 valence electrons. The average molecular weight is 338 g/mol. The summed E-state index contributed by atoms with van der Waals surface area (Å²) in [6.07, 6.45) is 0. The lowest BCUT2D eigenvalue weighted by Crippen LogP contribution is -2.10. The second kappa shape index (κ2) is 6.38. The number of alkyl halides is 1. The van der Waals surface area contributed by atoms with Gasteiger partial charge in [0.2, 0.25) is 0 Å². The molecule has 1 aromatic rings. The van der Waals surface area contributed by atoms with Gasteiger partial charge in [-0.2, -0.15) is 0 Å². The van der Waals surface area contributed by atoms with Crippen molar-refractivity contribution in [2.24, 2.45) is 5.92 Å². The second-order valence-corrected chi connectivity index (χ2v) is 4.84. The van der Waals surface area contributed by atoms with Gasteiger partial charge in [0.05, 0.1) is 18.2 Å². The number of hydrogen-bond acceptors (Lipinski definition) is 2. The maximum atomic E-state index is 5.71. The third kappa shape index (κ3) is 3.68. The summed E-state index contributed by atoms with van der Waals surface area (Å²) in [6.45, 7) is 2.79. The van der Waals surface area contributed by atoms with E-state index in [9.17, 15) is 0 Å². The van der Waals surface area contributed by atoms with Crippen molar-refractivity contribution in [1.82, 2.24) is 0 Å². The Kier molecular flexibility index (Phi) is 5.47. The predicted octanol–water partition coefficient (Wildman–Crippen LogP) is 3.87. The number of para-hydroxylation sites is 1. The minimum Gasteiger partial charge on any atom is -0.493 e. The first-order chi connectivity index (χ1) is 7.19. The predicted molar refractivity (Wildman–Crippen MR) is 69.1 cm³/mol. The SMILES string of the molecule is COc1cccc(Br)c1OCC(C)CBr. The highest BCUT2D eigenvalue weighted by atomic mass is 79.9. The lowest BCUT2D eigenvalue weighted by Gasteiger charge is -2.14. The van der Waals surface area contributed by atoms with Crippen LogP contribution in [0.4, 0.5) is 0 Å². The van der Waals surface area contributed by atoms with E-state index in [4.69, 9.17) is 9.47 Å². The van der Waals surface area contributed by atoms with Crippen molar-refractivity contribution >= 4 is 31.9 Å². The van der Waals surface area contributed by atoms with Gasteiger partial charge >= 0.3 is 0 Å². The van der Waals surface area contributed by atoms with Gasteiger partial charge < -0.3 is 9.47 Å². The molecule has 0 amide bonds. The highest BCUT2D eigenvalue weighted by Crippen LogP contribution is 2.35. The van der Waals surface area contributed by atoms with Crippen molar-refractivity contribution in [3.05, 3.63) is 22.7 Å². The first kappa shape index (κ1) is 12.8. The number of benzene rings is 1. The molecule has 0 aliphatic carbocycles. The summed E-state index contributed by atoms with van der Waals surface area (Å²) < 4.78 is 11.9. The van der Waals surface area contributed by atoms with Gasteiger partial charge in [0.25, 0.3) is 0 Å². The molecule has 1 unspecified atom stereocenters. The standard InChI is InChI=1S/C11H14Br2O2/c1-8(6-12)7-15-11-9(13)4-3-5-10(11)14-2/h3-5,8H,6-7H2,1-2H3. The quantitative estimate of drug-likeness (QED) is 0.759. The van der Waals surface area contributed by atoms with Crippen LogP contribution in [-0.4, -0.2) is 19.0 Å². The van der Waals surface area contributed by atoms with Crippen LogP contribution >= 0.6 is 31.9 Å². The Morgan fingerprint density at radius 3 is 2.73 bits per heavy atom. The van der Waals surface area contributed by atoms with Crippen molar-refractivity contribution in [2.75, 3.05) is 19.0 Å². The highest BCUT2D eigenvalue weighted by molar-refractivity contribution is 9.10. The van der Waals surface area contributed by atoms with Gasteiger partial charge in [0.15, 0.2) is 11.5 Å². The largest absolute Gasteiger partial charge is 0.493 e. The van der Waals surface area contributed by atoms with E-state index in [2.05, 4.69) is 38.8 Å². The Morgan fingerprint density at radius 2 is 2.13 bits per heavy atom. The van der Waals surface area contributed by atoms with Gasteiger partial charge in [-0.05, 0) is 34.0 Å². The molecule has 15 heavy (non-hydrogen) atoms. The summed E-state index contributed by atoms with van der Waals surface area (Å²) in [6, 6.07) is 5.75. The number of rotatable bonds is 5. The Labute approximate surface area is 107 Å². The van der Waals surface area contributed by atoms with Crippen LogP contribution in [0.25, 0.3) is 0 Å². The molecule has 0 saturated carbocycles. The summed E-state index contributed by atoms with van der Waals surface area (Å²) >= 11 is 6.86. The van der Waals surface area contributed by atoms with Gasteiger partial charge in [0.1, 0.15) is 0 Å². The average Bonchev–Trinajstić information content (AvgIpc) is 2.26. The molecule has 0 bridgehead atoms. The molecule has 1 atom stereocenters. The van der Waals surface area contributed by atoms with E-state index in [0.717, 1.165) is 21.3 Å². The molecule has 0 fully saturated rings. The van der Waals surface area contributed by atoms with E-state index in [1.165, 1.54) is 0 Å². The van der Waals surface area contributed by atoms with Crippen molar-refractivity contribution in [1.29, 1.82) is 0 Å². The molecule has 1 aromatic carbocycles. The topological polar surface area (TPSA) is 18.5 Å². The van der Waals surface area contributed by atoms with Crippen molar-refractivity contribution < 1.29 is 9.47 Å². The van der Waals surface area contributed by atoms with Crippen LogP contribution in [0.3, 0.4) is 0 Å². The molecular formula is C11H14Br2O2. The normalized spacial score (nSPS) is 12.3. The summed E-state index contributed by atoms with van der Waals surface area (Å²) in [7, 11) is 1.64. The molecule has 2 nitrogen and oxygen atoms in total. The van der Waals surface area contributed by atoms with Crippen LogP contribution in [0.2, 0.25) is 0 Å². The Hall–Kier alpha value is -0.220. The molecule has 0 heterocycles. The third-order valence-electron chi connectivity index (χ3n) is 1.93. The minimum atomic E-state index is 0.474. The fourth-order valence-corrected chi connectivity index (χ4v) is 1.71. The van der Waals surface area contributed by atoms with Gasteiger partial charge in [-0.3, -0.25) is 0 Å². The Balaban J connectivity index is 2.74. The van der Waals surface area contributed by atoms with Gasteiger partial charge in [-0.25, -0.2) is 0 Å². The van der Waals surface area contributed by atoms with Crippen molar-refractivity contribution in [3.8, 4) is 11.5 Å². The zero-order valence-electron chi connectivity index (χ0n) is 8.80. The third-order valence-corrected chi connectivity index (χ3v) is 3.66. The first-order valence-corrected chi connectivity index (χ1v) is 6.61. The van der Waals surface area contributed by atoms with Crippen LogP contribution in [0, 0.1) is 5.92 Å². The molecule has 0 saturated heterocycles. The summed E-state index contributed by atoms with van der Waals surface area (Å²) in [5.41, 5.74) is 0. The molecule has 4 heteroatoms. The fourth-order valence-electron chi connectivity index (χ4n) is 1.06. The van der Waals surface area contributed by atoms with E-state index >= 15 is 0 Å². The van der Waals surface area contributed by atoms with Crippen LogP contribution < -0.4 is 9.47 Å². The van der Waals surface area contributed by atoms with Crippen LogP contribution in [0.1, 0.15) is 6.92 Å². The molecular weight excluding hydrogens is 324 g/mol. The summed E-state index contributed by atoms with van der Waals surface area (Å²) in [5, 5.41) is 0.930. The van der Waals surface area contributed by atoms with E-state index in [-0.39, 0.29) is 0 Å². The summed E-state index contributed by atoms with van der Waals surface area (Å²) in [4.78, 5) is 0. The lowest BCUT2D eigenvalue weighted by atomic mass is 10.2. The van der Waals surface area contributed by atoms with E-state index in [0.29, 0.717) is 12.5 Å². The van der Waals surface area contributed by atoms with Crippen LogP contribution in [0.15, 0.2) is 22.7 Å². The van der Waals surface area contributed by atoms with Gasteiger partial charge in [0, 0.05) is 5.33 Å². The fraction of sp³-hybridized carbons (Fsp3) is 0.455. The number of methoxy groups -OCH3 is 1. The number of hydrogen-bond donors (Lipinski definition) is 0. The van der Waals surface area contributed by atoms with E-state index in [1.54, 1.807) is 7.11 Å². The molecule has 0 radical (unpaired) electrons. The molecule has 0 aliphatic rings. The number of halogens is 2. The van der Waals surface area contributed by atoms with Crippen LogP contribution in [0.5, 0.6) is 11.5 Å². The molecule has 1 rings (SSSR count).